The van der Waals surface area contributed by atoms with Crippen molar-refractivity contribution in [3.63, 3.8) is 0 Å². The first-order chi connectivity index (χ1) is 13.1. The van der Waals surface area contributed by atoms with Crippen LogP contribution in [0.25, 0.3) is 10.1 Å². The molecule has 2 saturated heterocycles. The van der Waals surface area contributed by atoms with Crippen molar-refractivity contribution in [2.75, 3.05) is 39.3 Å². The Morgan fingerprint density at radius 3 is 2.59 bits per heavy atom. The second-order valence-corrected chi connectivity index (χ2v) is 8.73. The fourth-order valence-electron chi connectivity index (χ4n) is 4.10. The minimum absolute atomic E-state index is 0.117. The zero-order valence-corrected chi connectivity index (χ0v) is 16.7. The molecule has 0 bridgehead atoms. The first-order valence-electron chi connectivity index (χ1n) is 9.91. The molecule has 3 heterocycles. The predicted octanol–water partition coefficient (Wildman–Crippen LogP) is 3.06. The van der Waals surface area contributed by atoms with Crippen molar-refractivity contribution in [3.8, 4) is 0 Å². The van der Waals surface area contributed by atoms with Crippen LogP contribution in [0.4, 0.5) is 0 Å². The van der Waals surface area contributed by atoms with Gasteiger partial charge >= 0.3 is 0 Å². The van der Waals surface area contributed by atoms with E-state index < -0.39 is 0 Å². The van der Waals surface area contributed by atoms with E-state index in [1.165, 1.54) is 6.42 Å². The summed E-state index contributed by atoms with van der Waals surface area (Å²) < 4.78 is 1.15. The Morgan fingerprint density at radius 2 is 1.85 bits per heavy atom. The van der Waals surface area contributed by atoms with Gasteiger partial charge in [0, 0.05) is 43.5 Å². The van der Waals surface area contributed by atoms with Gasteiger partial charge in [0.15, 0.2) is 0 Å². The zero-order valence-electron chi connectivity index (χ0n) is 15.9. The smallest absolute Gasteiger partial charge is 0.264 e. The van der Waals surface area contributed by atoms with Gasteiger partial charge in [0.05, 0.1) is 11.4 Å². The van der Waals surface area contributed by atoms with Gasteiger partial charge in [0.2, 0.25) is 5.91 Å². The van der Waals surface area contributed by atoms with E-state index in [1.807, 2.05) is 34.1 Å². The van der Waals surface area contributed by atoms with E-state index in [0.717, 1.165) is 47.4 Å². The summed E-state index contributed by atoms with van der Waals surface area (Å²) in [6.45, 7) is 6.44. The highest BCUT2D eigenvalue weighted by atomic mass is 32.1. The van der Waals surface area contributed by atoms with Crippen LogP contribution in [0.1, 0.15) is 35.9 Å². The van der Waals surface area contributed by atoms with Gasteiger partial charge in [-0.2, -0.15) is 0 Å². The third-order valence-electron chi connectivity index (χ3n) is 5.78. The number of hydrogen-bond acceptors (Lipinski definition) is 4. The fourth-order valence-corrected chi connectivity index (χ4v) is 5.13. The molecule has 2 aromatic rings. The van der Waals surface area contributed by atoms with Crippen LogP contribution >= 0.6 is 11.3 Å². The molecular formula is C21H27N3O2S. The molecule has 1 aromatic carbocycles. The van der Waals surface area contributed by atoms with E-state index in [4.69, 9.17) is 0 Å². The molecule has 6 heteroatoms. The van der Waals surface area contributed by atoms with Gasteiger partial charge in [-0.3, -0.25) is 14.5 Å². The summed E-state index contributed by atoms with van der Waals surface area (Å²) in [5.41, 5.74) is 0. The Labute approximate surface area is 164 Å². The number of piperidine rings is 1. The second-order valence-electron chi connectivity index (χ2n) is 7.65. The van der Waals surface area contributed by atoms with Crippen molar-refractivity contribution in [3.05, 3.63) is 35.2 Å². The molecule has 144 valence electrons. The number of piperazine rings is 1. The Balaban J connectivity index is 1.31. The highest BCUT2D eigenvalue weighted by Crippen LogP contribution is 2.26. The summed E-state index contributed by atoms with van der Waals surface area (Å²) in [7, 11) is 0. The van der Waals surface area contributed by atoms with Crippen molar-refractivity contribution in [1.29, 1.82) is 0 Å². The number of fused-ring (bicyclic) bond motifs is 1. The van der Waals surface area contributed by atoms with E-state index in [2.05, 4.69) is 17.9 Å². The van der Waals surface area contributed by atoms with Crippen LogP contribution < -0.4 is 0 Å². The zero-order chi connectivity index (χ0) is 18.8. The maximum atomic E-state index is 12.8. The molecule has 1 atom stereocenters. The normalized spacial score (nSPS) is 21.6. The van der Waals surface area contributed by atoms with Crippen molar-refractivity contribution in [2.24, 2.45) is 0 Å². The Hall–Kier alpha value is -1.92. The molecule has 0 spiro atoms. The second kappa shape index (κ2) is 7.98. The van der Waals surface area contributed by atoms with Crippen LogP contribution in [0.15, 0.2) is 30.3 Å². The largest absolute Gasteiger partial charge is 0.339 e. The van der Waals surface area contributed by atoms with E-state index in [1.54, 1.807) is 11.3 Å². The summed E-state index contributed by atoms with van der Waals surface area (Å²) in [5.74, 6) is 0.360. The fraction of sp³-hybridized carbons (Fsp3) is 0.524. The van der Waals surface area contributed by atoms with Gasteiger partial charge < -0.3 is 9.80 Å². The first-order valence-corrected chi connectivity index (χ1v) is 10.7. The minimum Gasteiger partial charge on any atom is -0.339 e. The maximum Gasteiger partial charge on any atom is 0.264 e. The van der Waals surface area contributed by atoms with Gasteiger partial charge in [-0.15, -0.1) is 11.3 Å². The van der Waals surface area contributed by atoms with Gasteiger partial charge in [-0.1, -0.05) is 18.2 Å². The minimum atomic E-state index is 0.117. The summed E-state index contributed by atoms with van der Waals surface area (Å²) in [4.78, 5) is 32.4. The number of carbonyl (C=O) groups excluding carboxylic acids is 2. The van der Waals surface area contributed by atoms with E-state index >= 15 is 0 Å². The van der Waals surface area contributed by atoms with Crippen molar-refractivity contribution >= 4 is 33.2 Å². The standard InChI is InChI=1S/C21H27N3O2S/c1-16-6-4-5-9-24(16)20(25)15-22-10-12-23(13-11-22)21(26)19-14-17-7-2-3-8-18(17)27-19/h2-3,7-8,14,16H,4-6,9-13,15H2,1H3. The lowest BCUT2D eigenvalue weighted by Crippen LogP contribution is -2.53. The Morgan fingerprint density at radius 1 is 1.07 bits per heavy atom. The monoisotopic (exact) mass is 385 g/mol. The molecule has 2 aliphatic heterocycles. The lowest BCUT2D eigenvalue weighted by atomic mass is 10.0. The molecule has 2 amide bonds. The van der Waals surface area contributed by atoms with Gasteiger partial charge in [-0.25, -0.2) is 0 Å². The average molecular weight is 386 g/mol. The summed E-state index contributed by atoms with van der Waals surface area (Å²) in [6.07, 6.45) is 3.46. The summed E-state index contributed by atoms with van der Waals surface area (Å²) in [6, 6.07) is 10.5. The molecule has 2 aliphatic rings. The van der Waals surface area contributed by atoms with Crippen LogP contribution in [0.3, 0.4) is 0 Å². The van der Waals surface area contributed by atoms with Crippen LogP contribution in [-0.4, -0.2) is 71.8 Å². The van der Waals surface area contributed by atoms with Crippen molar-refractivity contribution in [2.45, 2.75) is 32.2 Å². The highest BCUT2D eigenvalue weighted by Gasteiger charge is 2.28. The molecule has 0 radical (unpaired) electrons. The maximum absolute atomic E-state index is 12.8. The predicted molar refractivity (Wildman–Crippen MR) is 109 cm³/mol. The quantitative estimate of drug-likeness (QED) is 0.816. The molecule has 4 rings (SSSR count). The highest BCUT2D eigenvalue weighted by molar-refractivity contribution is 7.20. The average Bonchev–Trinajstić information content (AvgIpc) is 3.12. The molecule has 2 fully saturated rings. The summed E-state index contributed by atoms with van der Waals surface area (Å²) >= 11 is 1.56. The Kier molecular flexibility index (Phi) is 5.45. The number of likely N-dealkylation sites (tertiary alicyclic amines) is 1. The number of benzene rings is 1. The van der Waals surface area contributed by atoms with Crippen LogP contribution in [0, 0.1) is 0 Å². The molecular weight excluding hydrogens is 358 g/mol. The Bertz CT molecular complexity index is 793. The first kappa shape index (κ1) is 18.4. The number of nitrogens with zero attached hydrogens (tertiary/aromatic N) is 3. The lowest BCUT2D eigenvalue weighted by Gasteiger charge is -2.38. The van der Waals surface area contributed by atoms with Crippen LogP contribution in [-0.2, 0) is 4.79 Å². The van der Waals surface area contributed by atoms with E-state index in [0.29, 0.717) is 25.7 Å². The van der Waals surface area contributed by atoms with Crippen LogP contribution in [0.2, 0.25) is 0 Å². The van der Waals surface area contributed by atoms with E-state index in [9.17, 15) is 9.59 Å². The topological polar surface area (TPSA) is 43.9 Å². The molecule has 1 aromatic heterocycles. The van der Waals surface area contributed by atoms with Gasteiger partial charge in [-0.05, 0) is 43.7 Å². The molecule has 5 nitrogen and oxygen atoms in total. The third kappa shape index (κ3) is 4.01. The SMILES string of the molecule is CC1CCCCN1C(=O)CN1CCN(C(=O)c2cc3ccccc3s2)CC1. The lowest BCUT2D eigenvalue weighted by molar-refractivity contribution is -0.136. The molecule has 0 saturated carbocycles. The number of thiophene rings is 1. The molecule has 1 unspecified atom stereocenters. The number of hydrogen-bond donors (Lipinski definition) is 0. The molecule has 0 N–H and O–H groups in total. The van der Waals surface area contributed by atoms with E-state index in [-0.39, 0.29) is 11.8 Å². The van der Waals surface area contributed by atoms with Crippen LogP contribution in [0.5, 0.6) is 0 Å². The number of carbonyl (C=O) groups is 2. The summed E-state index contributed by atoms with van der Waals surface area (Å²) in [5, 5.41) is 1.13. The van der Waals surface area contributed by atoms with Gasteiger partial charge in [0.1, 0.15) is 0 Å². The number of amides is 2. The third-order valence-corrected chi connectivity index (χ3v) is 6.88. The van der Waals surface area contributed by atoms with Crippen molar-refractivity contribution in [1.82, 2.24) is 14.7 Å². The molecule has 27 heavy (non-hydrogen) atoms. The van der Waals surface area contributed by atoms with Crippen molar-refractivity contribution < 1.29 is 9.59 Å². The number of rotatable bonds is 3. The van der Waals surface area contributed by atoms with Gasteiger partial charge in [0.25, 0.3) is 5.91 Å². The molecule has 0 aliphatic carbocycles.